The molecule has 0 saturated carbocycles. The molecule has 7 aromatic rings. The molecule has 2 aliphatic heterocycles. The van der Waals surface area contributed by atoms with Crippen LogP contribution in [-0.4, -0.2) is 157 Å². The molecular weight excluding hydrogens is 1330 g/mol. The summed E-state index contributed by atoms with van der Waals surface area (Å²) in [4.78, 5) is 42.0. The molecule has 0 N–H and O–H groups in total. The van der Waals surface area contributed by atoms with E-state index in [0.717, 1.165) is 278 Å². The Labute approximate surface area is 651 Å². The van der Waals surface area contributed by atoms with Crippen molar-refractivity contribution >= 4 is 43.6 Å². The zero-order valence-corrected chi connectivity index (χ0v) is 70.1. The minimum Gasteiger partial charge on any atom is -0.656 e. The van der Waals surface area contributed by atoms with Crippen molar-refractivity contribution in [3.63, 3.8) is 0 Å². The van der Waals surface area contributed by atoms with E-state index in [9.17, 15) is 0 Å². The van der Waals surface area contributed by atoms with Crippen LogP contribution in [0.5, 0.6) is 0 Å². The fraction of sp³-hybridized carbons (Fsp3) is 0.585. The van der Waals surface area contributed by atoms with Crippen molar-refractivity contribution in [3.8, 4) is 45.0 Å². The summed E-state index contributed by atoms with van der Waals surface area (Å²) in [7, 11) is 0. The molecule has 0 amide bonds. The fourth-order valence-electron chi connectivity index (χ4n) is 17.4. The number of benzene rings is 4. The summed E-state index contributed by atoms with van der Waals surface area (Å²) in [6, 6.07) is 37.9. The number of allylic oxidation sites excluding steroid dienone is 1. The molecule has 581 valence electrons. The summed E-state index contributed by atoms with van der Waals surface area (Å²) in [5.41, 5.74) is 19.4. The normalized spacial score (nSPS) is 12.2. The minimum absolute atomic E-state index is 0. The second kappa shape index (κ2) is 46.8. The van der Waals surface area contributed by atoms with Gasteiger partial charge in [0.2, 0.25) is 0 Å². The summed E-state index contributed by atoms with van der Waals surface area (Å²) in [5, 5.41) is 4.99. The Morgan fingerprint density at radius 2 is 0.476 bits per heavy atom. The van der Waals surface area contributed by atoms with Crippen LogP contribution in [0.3, 0.4) is 0 Å². The molecule has 5 heterocycles. The predicted molar refractivity (Wildman–Crippen MR) is 457 cm³/mol. The van der Waals surface area contributed by atoms with Gasteiger partial charge in [0.05, 0.1) is 22.8 Å². The van der Waals surface area contributed by atoms with E-state index in [1.165, 1.54) is 66.1 Å². The van der Waals surface area contributed by atoms with Gasteiger partial charge in [0, 0.05) is 39.0 Å². The van der Waals surface area contributed by atoms with E-state index in [-0.39, 0.29) is 47.9 Å². The maximum Gasteiger partial charge on any atom is 0.0739 e. The van der Waals surface area contributed by atoms with Crippen molar-refractivity contribution in [2.75, 3.05) is 118 Å². The summed E-state index contributed by atoms with van der Waals surface area (Å²) in [6.07, 6.45) is 21.4. The average molecular weight is 1470 g/mol. The summed E-state index contributed by atoms with van der Waals surface area (Å²) >= 11 is 0. The van der Waals surface area contributed by atoms with E-state index < -0.39 is 0 Å². The van der Waals surface area contributed by atoms with Crippen molar-refractivity contribution in [1.29, 1.82) is 0 Å². The Morgan fingerprint density at radius 1 is 0.305 bits per heavy atom. The minimum atomic E-state index is 0. The summed E-state index contributed by atoms with van der Waals surface area (Å²) in [5.74, 6) is 0.806. The molecule has 0 saturated heterocycles. The molecule has 11 heteroatoms. The molecule has 0 unspecified atom stereocenters. The predicted octanol–water partition coefficient (Wildman–Crippen LogP) is 23.6. The van der Waals surface area contributed by atoms with Crippen molar-refractivity contribution < 1.29 is 16.8 Å². The van der Waals surface area contributed by atoms with Gasteiger partial charge in [-0.1, -0.05) is 226 Å². The number of fused-ring (bicyclic) bond motifs is 20. The fourth-order valence-corrected chi connectivity index (χ4v) is 17.4. The smallest absolute Gasteiger partial charge is 0.0739 e. The maximum atomic E-state index is 6.57. The van der Waals surface area contributed by atoms with Gasteiger partial charge in [-0.25, -0.2) is 9.97 Å². The molecule has 0 spiro atoms. The van der Waals surface area contributed by atoms with Gasteiger partial charge < -0.3 is 46.8 Å². The Morgan fingerprint density at radius 3 is 0.648 bits per heavy atom. The molecule has 105 heavy (non-hydrogen) atoms. The molecule has 0 fully saturated rings. The molecule has 0 aliphatic carbocycles. The average Bonchev–Trinajstić information content (AvgIpc) is 1.57. The monoisotopic (exact) mass is 1470 g/mol. The first-order valence-corrected chi connectivity index (χ1v) is 42.1. The van der Waals surface area contributed by atoms with Crippen LogP contribution < -0.4 is 9.97 Å². The van der Waals surface area contributed by atoms with Crippen LogP contribution >= 0.6 is 0 Å². The van der Waals surface area contributed by atoms with Gasteiger partial charge in [-0.2, -0.15) is 0 Å². The first-order chi connectivity index (χ1) is 50.5. The van der Waals surface area contributed by atoms with Crippen LogP contribution in [-0.2, 0) is 16.8 Å². The third-order valence-corrected chi connectivity index (χ3v) is 23.7. The Balaban J connectivity index is 0.00000340. The van der Waals surface area contributed by atoms with Crippen LogP contribution in [0.2, 0.25) is 0 Å². The third-order valence-electron chi connectivity index (χ3n) is 23.7. The van der Waals surface area contributed by atoms with E-state index in [0.29, 0.717) is 0 Å². The third kappa shape index (κ3) is 22.4. The van der Waals surface area contributed by atoms with E-state index in [1.54, 1.807) is 6.08 Å². The standard InChI is InChI=1S/C90H134N10.C3H6.CH3.Co/c1-15-29-45-67(46-30-16-2)79-83-71-53-31-33-55-73(71)85(91-83)80(68(47-39-61-95(17-3)18-4)48-40-62-96(19-5)20-6)87-75-57-35-37-59-77(75)89(93-87)82(70(51-43-65-99(25-11)26-12)52-44-66-100(27-13)28-14)90-78-60-38-36-58-76(78)88(94-90)81(86-74-56-34-32-54-72(74)84(79)92-86)69(49-41-63-97(21-7)22-8)50-42-64-98(23-9)24-10;1-3-2;;/h31-38,53-60,67-70H,15-30,39-52,61-66H2,1-14H3;3H,1H2,2H3;1H3;/q-2;;-1;. The summed E-state index contributed by atoms with van der Waals surface area (Å²) < 4.78 is 0. The number of hydrogen-bond donors (Lipinski definition) is 0. The number of nitrogens with zero attached hydrogens (tertiary/aromatic N) is 10. The van der Waals surface area contributed by atoms with Gasteiger partial charge in [0.1, 0.15) is 0 Å². The van der Waals surface area contributed by atoms with E-state index in [4.69, 9.17) is 19.9 Å². The van der Waals surface area contributed by atoms with Gasteiger partial charge in [-0.15, -0.1) is 28.6 Å². The van der Waals surface area contributed by atoms with Crippen LogP contribution in [0, 0.1) is 7.43 Å². The van der Waals surface area contributed by atoms with Gasteiger partial charge in [0.25, 0.3) is 0 Å². The molecule has 8 bridgehead atoms. The SMILES string of the molecule is C=CC.CCCCC(CCCC)c1c2nc(c(C(CCCN(CC)CC)CCCN(CC)CC)c3[n-]c(c(C(CCCN(CC)CC)CCCN(CC)CC)c4nc(c(C(CCCN(CC)CC)CCCN(CC)CC)c5[n-]c1c1ccccc51)-c1ccccc1-4)c1ccccc31)-c1ccccc1-2.[CH3-].[Co]. The number of hydrogen-bond acceptors (Lipinski definition) is 8. The second-order valence-corrected chi connectivity index (χ2v) is 29.6. The number of rotatable bonds is 46. The van der Waals surface area contributed by atoms with Crippen LogP contribution in [0.25, 0.3) is 88.6 Å². The van der Waals surface area contributed by atoms with Gasteiger partial charge in [0.15, 0.2) is 0 Å². The molecule has 2 aliphatic rings. The van der Waals surface area contributed by atoms with E-state index >= 15 is 0 Å². The van der Waals surface area contributed by atoms with Crippen molar-refractivity contribution in [3.05, 3.63) is 139 Å². The van der Waals surface area contributed by atoms with Crippen molar-refractivity contribution in [1.82, 2.24) is 49.3 Å². The molecule has 4 aromatic carbocycles. The molecule has 1 radical (unpaired) electrons. The number of aromatic nitrogens is 4. The molecular formula is C94H143CoN10-3. The Bertz CT molecular complexity index is 3720. The van der Waals surface area contributed by atoms with Crippen LogP contribution in [0.15, 0.2) is 110 Å². The largest absolute Gasteiger partial charge is 0.656 e. The van der Waals surface area contributed by atoms with Crippen LogP contribution in [0.4, 0.5) is 0 Å². The molecule has 0 atom stereocenters. The maximum absolute atomic E-state index is 6.57. The molecule has 9 rings (SSSR count). The Hall–Kier alpha value is -5.47. The topological polar surface area (TPSA) is 73.4 Å². The second-order valence-electron chi connectivity index (χ2n) is 29.6. The van der Waals surface area contributed by atoms with Gasteiger partial charge in [-0.05, 0) is 282 Å². The summed E-state index contributed by atoms with van der Waals surface area (Å²) in [6.45, 7) is 57.2. The van der Waals surface area contributed by atoms with Gasteiger partial charge >= 0.3 is 0 Å². The zero-order chi connectivity index (χ0) is 73.6. The number of unbranched alkanes of at least 4 members (excludes halogenated alkanes) is 2. The first kappa shape index (κ1) is 88.4. The van der Waals surface area contributed by atoms with E-state index in [2.05, 4.69) is 230 Å². The van der Waals surface area contributed by atoms with Crippen molar-refractivity contribution in [2.24, 2.45) is 0 Å². The van der Waals surface area contributed by atoms with Gasteiger partial charge in [-0.3, -0.25) is 0 Å². The van der Waals surface area contributed by atoms with E-state index in [1.807, 2.05) is 6.92 Å². The zero-order valence-electron chi connectivity index (χ0n) is 69.1. The van der Waals surface area contributed by atoms with Crippen LogP contribution in [0.1, 0.15) is 265 Å². The first-order valence-electron chi connectivity index (χ1n) is 42.1. The van der Waals surface area contributed by atoms with Crippen molar-refractivity contribution in [2.45, 2.75) is 243 Å². The molecule has 10 nitrogen and oxygen atoms in total. The quantitative estimate of drug-likeness (QED) is 0.0272. The molecule has 3 aromatic heterocycles. The Kier molecular flexibility index (Phi) is 39.4.